The van der Waals surface area contributed by atoms with Crippen molar-refractivity contribution in [3.63, 3.8) is 0 Å². The van der Waals surface area contributed by atoms with Crippen molar-refractivity contribution in [2.24, 2.45) is 0 Å². The van der Waals surface area contributed by atoms with Crippen LogP contribution in [0.15, 0.2) is 35.0 Å². The summed E-state index contributed by atoms with van der Waals surface area (Å²) in [6, 6.07) is 6.74. The Balaban J connectivity index is 1.85. The second-order valence-corrected chi connectivity index (χ2v) is 5.56. The lowest BCUT2D eigenvalue weighted by atomic mass is 10.1. The van der Waals surface area contributed by atoms with Gasteiger partial charge in [-0.15, -0.1) is 0 Å². The van der Waals surface area contributed by atoms with Crippen LogP contribution in [0, 0.1) is 0 Å². The van der Waals surface area contributed by atoms with Gasteiger partial charge >= 0.3 is 6.03 Å². The highest BCUT2D eigenvalue weighted by Crippen LogP contribution is 2.34. The predicted octanol–water partition coefficient (Wildman–Crippen LogP) is 3.01. The van der Waals surface area contributed by atoms with Crippen molar-refractivity contribution in [2.45, 2.75) is 12.5 Å². The van der Waals surface area contributed by atoms with E-state index in [1.54, 1.807) is 18.2 Å². The Morgan fingerprint density at radius 1 is 1.30 bits per heavy atom. The molecule has 1 aromatic carbocycles. The van der Waals surface area contributed by atoms with Crippen LogP contribution in [0.4, 0.5) is 10.5 Å². The van der Waals surface area contributed by atoms with Gasteiger partial charge in [0.2, 0.25) is 0 Å². The van der Waals surface area contributed by atoms with Crippen molar-refractivity contribution in [1.82, 2.24) is 5.32 Å². The first-order valence-corrected chi connectivity index (χ1v) is 8.06. The molecule has 0 aliphatic rings. The van der Waals surface area contributed by atoms with Gasteiger partial charge in [-0.1, -0.05) is 6.07 Å². The summed E-state index contributed by atoms with van der Waals surface area (Å²) in [4.78, 5) is 12.0. The molecule has 0 unspecified atom stereocenters. The highest BCUT2D eigenvalue weighted by Gasteiger charge is 2.12. The van der Waals surface area contributed by atoms with E-state index in [4.69, 9.17) is 9.47 Å². The van der Waals surface area contributed by atoms with Crippen molar-refractivity contribution in [3.8, 4) is 11.5 Å². The molecule has 3 N–H and O–H groups in total. The van der Waals surface area contributed by atoms with Gasteiger partial charge < -0.3 is 25.2 Å². The number of amides is 2. The first-order valence-electron chi connectivity index (χ1n) is 7.11. The largest absolute Gasteiger partial charge is 0.493 e. The van der Waals surface area contributed by atoms with Crippen LogP contribution in [-0.4, -0.2) is 31.9 Å². The predicted molar refractivity (Wildman–Crippen MR) is 90.5 cm³/mol. The van der Waals surface area contributed by atoms with Gasteiger partial charge in [0.25, 0.3) is 0 Å². The van der Waals surface area contributed by atoms with E-state index in [1.165, 1.54) is 25.6 Å². The highest BCUT2D eigenvalue weighted by molar-refractivity contribution is 7.07. The van der Waals surface area contributed by atoms with Gasteiger partial charge in [-0.25, -0.2) is 4.79 Å². The summed E-state index contributed by atoms with van der Waals surface area (Å²) >= 11 is 1.53. The van der Waals surface area contributed by atoms with E-state index in [-0.39, 0.29) is 6.03 Å². The van der Waals surface area contributed by atoms with Gasteiger partial charge in [0.1, 0.15) is 0 Å². The van der Waals surface area contributed by atoms with E-state index in [0.717, 1.165) is 5.56 Å². The Morgan fingerprint density at radius 2 is 2.13 bits per heavy atom. The molecule has 1 heterocycles. The third kappa shape index (κ3) is 4.61. The van der Waals surface area contributed by atoms with Gasteiger partial charge in [0.05, 0.1) is 26.0 Å². The second-order valence-electron chi connectivity index (χ2n) is 4.78. The molecule has 2 aromatic rings. The van der Waals surface area contributed by atoms with E-state index in [1.807, 2.05) is 16.8 Å². The first kappa shape index (κ1) is 17.1. The zero-order valence-electron chi connectivity index (χ0n) is 13.0. The Labute approximate surface area is 139 Å². The molecule has 7 heteroatoms. The number of anilines is 1. The summed E-state index contributed by atoms with van der Waals surface area (Å²) in [5.41, 5.74) is 1.38. The number of carbonyl (C=O) groups is 1. The highest BCUT2D eigenvalue weighted by atomic mass is 32.1. The van der Waals surface area contributed by atoms with Crippen LogP contribution in [-0.2, 0) is 0 Å². The first-order chi connectivity index (χ1) is 11.2. The summed E-state index contributed by atoms with van der Waals surface area (Å²) in [5, 5.41) is 19.2. The number of hydrogen-bond donors (Lipinski definition) is 3. The maximum Gasteiger partial charge on any atom is 0.319 e. The van der Waals surface area contributed by atoms with E-state index in [2.05, 4.69) is 10.6 Å². The Hall–Kier alpha value is -2.25. The fourth-order valence-corrected chi connectivity index (χ4v) is 2.81. The van der Waals surface area contributed by atoms with Crippen LogP contribution < -0.4 is 20.1 Å². The normalized spacial score (nSPS) is 11.6. The van der Waals surface area contributed by atoms with Gasteiger partial charge in [-0.05, 0) is 40.9 Å². The van der Waals surface area contributed by atoms with E-state index < -0.39 is 6.10 Å². The number of aliphatic hydroxyl groups is 1. The molecule has 2 rings (SSSR count). The monoisotopic (exact) mass is 336 g/mol. The molecule has 0 aliphatic carbocycles. The average molecular weight is 336 g/mol. The third-order valence-electron chi connectivity index (χ3n) is 3.28. The minimum absolute atomic E-state index is 0.356. The maximum atomic E-state index is 12.0. The number of hydrogen-bond acceptors (Lipinski definition) is 5. The lowest BCUT2D eigenvalue weighted by molar-refractivity contribution is 0.168. The molecule has 1 aromatic heterocycles. The standard InChI is InChI=1S/C16H20N2O4S/c1-21-14-5-3-4-12(15(14)22-2)18-16(20)17-8-6-13(19)11-7-9-23-10-11/h3-5,7,9-10,13,19H,6,8H2,1-2H3,(H2,17,18,20)/t13-/m0/s1. The molecule has 0 saturated heterocycles. The lowest BCUT2D eigenvalue weighted by Gasteiger charge is -2.14. The molecular formula is C16H20N2O4S. The summed E-state index contributed by atoms with van der Waals surface area (Å²) in [6.45, 7) is 0.356. The number of para-hydroxylation sites is 1. The molecule has 0 radical (unpaired) electrons. The number of carbonyl (C=O) groups excluding carboxylic acids is 1. The molecule has 2 amide bonds. The van der Waals surface area contributed by atoms with Gasteiger partial charge in [-0.2, -0.15) is 11.3 Å². The van der Waals surface area contributed by atoms with Crippen molar-refractivity contribution < 1.29 is 19.4 Å². The van der Waals surface area contributed by atoms with Crippen molar-refractivity contribution in [2.75, 3.05) is 26.1 Å². The van der Waals surface area contributed by atoms with Crippen LogP contribution in [0.3, 0.4) is 0 Å². The molecule has 1 atom stereocenters. The summed E-state index contributed by atoms with van der Waals surface area (Å²) in [7, 11) is 3.05. The fourth-order valence-electron chi connectivity index (χ4n) is 2.11. The van der Waals surface area contributed by atoms with Crippen LogP contribution in [0.1, 0.15) is 18.1 Å². The number of aliphatic hydroxyl groups excluding tert-OH is 1. The molecule has 6 nitrogen and oxygen atoms in total. The lowest BCUT2D eigenvalue weighted by Crippen LogP contribution is -2.30. The Kier molecular flexibility index (Phi) is 6.25. The number of nitrogens with one attached hydrogen (secondary N) is 2. The number of rotatable bonds is 7. The second kappa shape index (κ2) is 8.40. The SMILES string of the molecule is COc1cccc(NC(=O)NCC[C@H](O)c2ccsc2)c1OC. The van der Waals surface area contributed by atoms with Gasteiger partial charge in [0, 0.05) is 6.54 Å². The van der Waals surface area contributed by atoms with Crippen LogP contribution in [0.25, 0.3) is 0 Å². The molecule has 23 heavy (non-hydrogen) atoms. The number of ether oxygens (including phenoxy) is 2. The molecule has 0 bridgehead atoms. The maximum absolute atomic E-state index is 12.0. The molecule has 124 valence electrons. The fraction of sp³-hybridized carbons (Fsp3) is 0.312. The van der Waals surface area contributed by atoms with Crippen molar-refractivity contribution >= 4 is 23.1 Å². The number of benzene rings is 1. The summed E-state index contributed by atoms with van der Waals surface area (Å²) in [5.74, 6) is 1.00. The van der Waals surface area contributed by atoms with Crippen molar-refractivity contribution in [1.29, 1.82) is 0 Å². The minimum atomic E-state index is -0.576. The van der Waals surface area contributed by atoms with E-state index in [0.29, 0.717) is 30.2 Å². The smallest absolute Gasteiger partial charge is 0.319 e. The quantitative estimate of drug-likeness (QED) is 0.726. The van der Waals surface area contributed by atoms with E-state index >= 15 is 0 Å². The average Bonchev–Trinajstić information content (AvgIpc) is 3.09. The molecule has 0 saturated carbocycles. The Morgan fingerprint density at radius 3 is 2.78 bits per heavy atom. The third-order valence-corrected chi connectivity index (χ3v) is 3.98. The zero-order chi connectivity index (χ0) is 16.7. The molecule has 0 spiro atoms. The number of thiophene rings is 1. The van der Waals surface area contributed by atoms with Crippen molar-refractivity contribution in [3.05, 3.63) is 40.6 Å². The van der Waals surface area contributed by atoms with E-state index in [9.17, 15) is 9.90 Å². The number of methoxy groups -OCH3 is 2. The summed E-state index contributed by atoms with van der Waals surface area (Å²) < 4.78 is 10.4. The van der Waals surface area contributed by atoms with Crippen LogP contribution in [0.5, 0.6) is 11.5 Å². The van der Waals surface area contributed by atoms with Crippen LogP contribution >= 0.6 is 11.3 Å². The molecule has 0 fully saturated rings. The topological polar surface area (TPSA) is 79.8 Å². The Bertz CT molecular complexity index is 631. The van der Waals surface area contributed by atoms with Gasteiger partial charge in [0.15, 0.2) is 11.5 Å². The van der Waals surface area contributed by atoms with Crippen LogP contribution in [0.2, 0.25) is 0 Å². The molecule has 0 aliphatic heterocycles. The minimum Gasteiger partial charge on any atom is -0.493 e. The summed E-state index contributed by atoms with van der Waals surface area (Å²) in [6.07, 6.45) is -0.132. The zero-order valence-corrected chi connectivity index (χ0v) is 13.9. The molecular weight excluding hydrogens is 316 g/mol. The number of urea groups is 1. The van der Waals surface area contributed by atoms with Gasteiger partial charge in [-0.3, -0.25) is 0 Å².